The number of rotatable bonds is 4. The second kappa shape index (κ2) is 9.70. The minimum absolute atomic E-state index is 0. The lowest BCUT2D eigenvalue weighted by Gasteiger charge is -2.27. The van der Waals surface area contributed by atoms with Crippen molar-refractivity contribution in [2.24, 2.45) is 18.9 Å². The van der Waals surface area contributed by atoms with E-state index in [0.717, 1.165) is 37.4 Å². The average Bonchev–Trinajstić information content (AvgIpc) is 3.34. The van der Waals surface area contributed by atoms with Crippen molar-refractivity contribution >= 4 is 24.8 Å². The van der Waals surface area contributed by atoms with Gasteiger partial charge < -0.3 is 0 Å². The molecular weight excluding hydrogens is 434 g/mol. The fourth-order valence-corrected chi connectivity index (χ4v) is 5.40. The van der Waals surface area contributed by atoms with E-state index in [-0.39, 0.29) is 30.6 Å². The molecule has 3 aromatic rings. The maximum Gasteiger partial charge on any atom is 0.123 e. The predicted molar refractivity (Wildman–Crippen MR) is 127 cm³/mol. The molecule has 4 nitrogen and oxygen atoms in total. The van der Waals surface area contributed by atoms with E-state index in [0.29, 0.717) is 17.9 Å². The van der Waals surface area contributed by atoms with Gasteiger partial charge in [0.05, 0.1) is 5.69 Å². The molecule has 166 valence electrons. The van der Waals surface area contributed by atoms with Crippen LogP contribution in [0.3, 0.4) is 0 Å². The van der Waals surface area contributed by atoms with Crippen molar-refractivity contribution in [2.75, 3.05) is 26.7 Å². The van der Waals surface area contributed by atoms with Gasteiger partial charge in [-0.2, -0.15) is 5.10 Å². The Labute approximate surface area is 195 Å². The number of benzene rings is 2. The summed E-state index contributed by atoms with van der Waals surface area (Å²) in [5, 5.41) is 4.72. The number of aryl methyl sites for hydroxylation is 1. The summed E-state index contributed by atoms with van der Waals surface area (Å²) in [6, 6.07) is 17.9. The van der Waals surface area contributed by atoms with Gasteiger partial charge in [0.2, 0.25) is 0 Å². The van der Waals surface area contributed by atoms with Gasteiger partial charge in [0.1, 0.15) is 5.82 Å². The first-order valence-corrected chi connectivity index (χ1v) is 10.3. The van der Waals surface area contributed by atoms with Crippen LogP contribution in [0.5, 0.6) is 0 Å². The van der Waals surface area contributed by atoms with E-state index in [1.807, 2.05) is 23.9 Å². The van der Waals surface area contributed by atoms with Crippen LogP contribution in [-0.4, -0.2) is 46.3 Å². The quantitative estimate of drug-likeness (QED) is 0.556. The van der Waals surface area contributed by atoms with E-state index in [1.165, 1.54) is 17.2 Å². The largest absolute Gasteiger partial charge is 0.299 e. The molecule has 0 radical (unpaired) electrons. The van der Waals surface area contributed by atoms with Crippen LogP contribution >= 0.6 is 24.8 Å². The van der Waals surface area contributed by atoms with Crippen LogP contribution in [0.2, 0.25) is 0 Å². The smallest absolute Gasteiger partial charge is 0.123 e. The van der Waals surface area contributed by atoms with Gasteiger partial charge in [0.15, 0.2) is 0 Å². The minimum Gasteiger partial charge on any atom is -0.299 e. The first-order valence-electron chi connectivity index (χ1n) is 10.3. The van der Waals surface area contributed by atoms with E-state index >= 15 is 0 Å². The van der Waals surface area contributed by atoms with Crippen molar-refractivity contribution in [1.29, 1.82) is 0 Å². The summed E-state index contributed by atoms with van der Waals surface area (Å²) in [6.07, 6.45) is 2.15. The molecule has 0 amide bonds. The normalized spacial score (nSPS) is 23.3. The summed E-state index contributed by atoms with van der Waals surface area (Å²) in [5.74, 6) is 1.03. The Bertz CT molecular complexity index is 1010. The van der Waals surface area contributed by atoms with Crippen LogP contribution in [0.1, 0.15) is 17.2 Å². The molecule has 0 N–H and O–H groups in total. The Balaban J connectivity index is 0.00000136. The third-order valence-corrected chi connectivity index (χ3v) is 6.51. The first kappa shape index (κ1) is 23.7. The predicted octanol–water partition coefficient (Wildman–Crippen LogP) is 4.80. The third kappa shape index (κ3) is 4.65. The van der Waals surface area contributed by atoms with E-state index in [2.05, 4.69) is 53.4 Å². The lowest BCUT2D eigenvalue weighted by molar-refractivity contribution is 0.224. The molecule has 0 unspecified atom stereocenters. The topological polar surface area (TPSA) is 24.3 Å². The van der Waals surface area contributed by atoms with Crippen molar-refractivity contribution in [3.8, 4) is 11.3 Å². The van der Waals surface area contributed by atoms with E-state index in [1.54, 1.807) is 6.07 Å². The average molecular weight is 463 g/mol. The molecule has 0 aliphatic carbocycles. The Morgan fingerprint density at radius 2 is 1.74 bits per heavy atom. The number of likely N-dealkylation sites (tertiary alicyclic amines) is 2. The molecule has 3 atom stereocenters. The molecule has 2 fully saturated rings. The van der Waals surface area contributed by atoms with Crippen LogP contribution in [0.4, 0.5) is 4.39 Å². The monoisotopic (exact) mass is 462 g/mol. The summed E-state index contributed by atoms with van der Waals surface area (Å²) in [7, 11) is 4.16. The van der Waals surface area contributed by atoms with Gasteiger partial charge in [0.25, 0.3) is 0 Å². The summed E-state index contributed by atoms with van der Waals surface area (Å²) < 4.78 is 15.7. The van der Waals surface area contributed by atoms with Gasteiger partial charge in [-0.05, 0) is 36.6 Å². The Kier molecular flexibility index (Phi) is 7.43. The van der Waals surface area contributed by atoms with E-state index < -0.39 is 0 Å². The highest BCUT2D eigenvalue weighted by molar-refractivity contribution is 5.85. The maximum atomic E-state index is 13.8. The SMILES string of the molecule is CN1C[C@H]2CN(Cc3cn(C)nc3-c3ccccc3)C[C@H]2[C@@H]1c1cccc(F)c1.Cl.Cl. The molecule has 0 spiro atoms. The molecule has 7 heteroatoms. The Hall–Kier alpha value is -1.92. The molecule has 0 saturated carbocycles. The van der Waals surface area contributed by atoms with Crippen LogP contribution in [0.25, 0.3) is 11.3 Å². The summed E-state index contributed by atoms with van der Waals surface area (Å²) >= 11 is 0. The standard InChI is InChI=1S/C24H27FN4.2ClH/c1-27-12-19-14-29(16-22(19)24(27)18-9-6-10-21(25)11-18)15-20-13-28(2)26-23(20)17-7-4-3-5-8-17;;/h3-11,13,19,22,24H,12,14-16H2,1-2H3;2*1H/t19-,22+,24-;;/m0../s1. The fraction of sp³-hybridized carbons (Fsp3) is 0.375. The molecule has 0 bridgehead atoms. The van der Waals surface area contributed by atoms with Crippen LogP contribution in [-0.2, 0) is 13.6 Å². The van der Waals surface area contributed by atoms with Crippen molar-refractivity contribution < 1.29 is 4.39 Å². The Morgan fingerprint density at radius 3 is 2.48 bits per heavy atom. The highest BCUT2D eigenvalue weighted by Gasteiger charge is 2.46. The van der Waals surface area contributed by atoms with Crippen molar-refractivity contribution in [3.05, 3.63) is 77.7 Å². The van der Waals surface area contributed by atoms with E-state index in [4.69, 9.17) is 5.10 Å². The van der Waals surface area contributed by atoms with Crippen LogP contribution in [0.15, 0.2) is 60.8 Å². The van der Waals surface area contributed by atoms with Gasteiger partial charge in [0, 0.05) is 56.6 Å². The molecule has 31 heavy (non-hydrogen) atoms. The molecular formula is C24H29Cl2FN4. The first-order chi connectivity index (χ1) is 14.1. The summed E-state index contributed by atoms with van der Waals surface area (Å²) in [5.41, 5.74) is 4.62. The van der Waals surface area contributed by atoms with Crippen LogP contribution < -0.4 is 0 Å². The molecule has 1 aromatic heterocycles. The van der Waals surface area contributed by atoms with Crippen LogP contribution in [0, 0.1) is 17.7 Å². The molecule has 5 rings (SSSR count). The highest BCUT2D eigenvalue weighted by Crippen LogP contribution is 2.44. The number of halogens is 3. The molecule has 2 aliphatic rings. The molecule has 3 heterocycles. The summed E-state index contributed by atoms with van der Waals surface area (Å²) in [4.78, 5) is 4.96. The van der Waals surface area contributed by atoms with Gasteiger partial charge >= 0.3 is 0 Å². The van der Waals surface area contributed by atoms with Crippen molar-refractivity contribution in [1.82, 2.24) is 19.6 Å². The molecule has 2 saturated heterocycles. The second-order valence-electron chi connectivity index (χ2n) is 8.60. The van der Waals surface area contributed by atoms with Gasteiger partial charge in [-0.25, -0.2) is 4.39 Å². The fourth-order valence-electron chi connectivity index (χ4n) is 5.40. The van der Waals surface area contributed by atoms with Gasteiger partial charge in [-0.1, -0.05) is 42.5 Å². The zero-order valence-corrected chi connectivity index (χ0v) is 19.5. The zero-order valence-electron chi connectivity index (χ0n) is 17.8. The third-order valence-electron chi connectivity index (χ3n) is 6.51. The zero-order chi connectivity index (χ0) is 20.0. The highest BCUT2D eigenvalue weighted by atomic mass is 35.5. The summed E-state index contributed by atoms with van der Waals surface area (Å²) in [6.45, 7) is 4.11. The molecule has 2 aliphatic heterocycles. The number of nitrogens with zero attached hydrogens (tertiary/aromatic N) is 4. The number of fused-ring (bicyclic) bond motifs is 1. The lowest BCUT2D eigenvalue weighted by atomic mass is 9.89. The lowest BCUT2D eigenvalue weighted by Crippen LogP contribution is -2.29. The maximum absolute atomic E-state index is 13.8. The van der Waals surface area contributed by atoms with Gasteiger partial charge in [-0.15, -0.1) is 24.8 Å². The Morgan fingerprint density at radius 1 is 0.968 bits per heavy atom. The second-order valence-corrected chi connectivity index (χ2v) is 8.60. The van der Waals surface area contributed by atoms with Crippen molar-refractivity contribution in [2.45, 2.75) is 12.6 Å². The number of hydrogen-bond acceptors (Lipinski definition) is 3. The minimum atomic E-state index is -0.142. The number of hydrogen-bond donors (Lipinski definition) is 0. The molecule has 2 aromatic carbocycles. The van der Waals surface area contributed by atoms with Crippen molar-refractivity contribution in [3.63, 3.8) is 0 Å². The number of aromatic nitrogens is 2. The van der Waals surface area contributed by atoms with Gasteiger partial charge in [-0.3, -0.25) is 14.5 Å². The van der Waals surface area contributed by atoms with E-state index in [9.17, 15) is 4.39 Å².